The Labute approximate surface area is 128 Å². The molecule has 2 aliphatic carbocycles. The first kappa shape index (κ1) is 15.3. The van der Waals surface area contributed by atoms with Crippen molar-refractivity contribution in [3.05, 3.63) is 0 Å². The van der Waals surface area contributed by atoms with Crippen molar-refractivity contribution in [1.29, 1.82) is 0 Å². The highest BCUT2D eigenvalue weighted by Gasteiger charge is 2.48. The zero-order valence-corrected chi connectivity index (χ0v) is 13.5. The third kappa shape index (κ3) is 3.11. The van der Waals surface area contributed by atoms with Crippen molar-refractivity contribution >= 4 is 5.97 Å². The molecule has 2 N–H and O–H groups in total. The molecule has 0 spiro atoms. The molecule has 0 aromatic carbocycles. The summed E-state index contributed by atoms with van der Waals surface area (Å²) in [5.74, 6) is 0.0458. The summed E-state index contributed by atoms with van der Waals surface area (Å²) >= 11 is 0. The molecule has 0 radical (unpaired) electrons. The van der Waals surface area contributed by atoms with Gasteiger partial charge < -0.3 is 5.11 Å². The molecule has 2 saturated carbocycles. The zero-order chi connectivity index (χ0) is 15.0. The summed E-state index contributed by atoms with van der Waals surface area (Å²) in [6, 6.07) is 1.57. The number of rotatable bonds is 5. The fraction of sp³-hybridized carbons (Fsp3) is 0.941. The van der Waals surface area contributed by atoms with Crippen molar-refractivity contribution in [3.63, 3.8) is 0 Å². The lowest BCUT2D eigenvalue weighted by Crippen LogP contribution is -2.59. The van der Waals surface area contributed by atoms with Gasteiger partial charge in [-0.25, -0.2) is 0 Å². The molecule has 4 nitrogen and oxygen atoms in total. The number of carbonyl (C=O) groups is 1. The van der Waals surface area contributed by atoms with Crippen LogP contribution in [0.2, 0.25) is 0 Å². The van der Waals surface area contributed by atoms with E-state index in [4.69, 9.17) is 0 Å². The predicted molar refractivity (Wildman–Crippen MR) is 83.3 cm³/mol. The average molecular weight is 294 g/mol. The number of carboxylic acid groups (broad SMARTS) is 1. The third-order valence-corrected chi connectivity index (χ3v) is 5.77. The van der Waals surface area contributed by atoms with Gasteiger partial charge in [0.05, 0.1) is 0 Å². The molecule has 3 atom stereocenters. The molecular formula is C17H30N2O2. The summed E-state index contributed by atoms with van der Waals surface area (Å²) < 4.78 is 0. The van der Waals surface area contributed by atoms with Crippen molar-refractivity contribution in [1.82, 2.24) is 10.2 Å². The first-order chi connectivity index (χ1) is 10.0. The van der Waals surface area contributed by atoms with E-state index in [2.05, 4.69) is 24.1 Å². The molecule has 0 aromatic heterocycles. The van der Waals surface area contributed by atoms with Crippen LogP contribution >= 0.6 is 0 Å². The lowest BCUT2D eigenvalue weighted by Gasteiger charge is -2.44. The van der Waals surface area contributed by atoms with Gasteiger partial charge in [0.25, 0.3) is 0 Å². The van der Waals surface area contributed by atoms with Gasteiger partial charge in [-0.15, -0.1) is 0 Å². The van der Waals surface area contributed by atoms with E-state index in [0.717, 1.165) is 38.6 Å². The molecule has 1 heterocycles. The van der Waals surface area contributed by atoms with E-state index < -0.39 is 11.5 Å². The van der Waals surface area contributed by atoms with Crippen molar-refractivity contribution < 1.29 is 9.90 Å². The minimum atomic E-state index is -0.659. The van der Waals surface area contributed by atoms with E-state index in [1.165, 1.54) is 19.3 Å². The lowest BCUT2D eigenvalue weighted by atomic mass is 9.77. The summed E-state index contributed by atoms with van der Waals surface area (Å²) in [4.78, 5) is 14.6. The fourth-order valence-electron chi connectivity index (χ4n) is 4.52. The van der Waals surface area contributed by atoms with Crippen molar-refractivity contribution in [2.24, 2.45) is 5.92 Å². The quantitative estimate of drug-likeness (QED) is 0.818. The van der Waals surface area contributed by atoms with E-state index in [1.54, 1.807) is 0 Å². The summed E-state index contributed by atoms with van der Waals surface area (Å²) in [6.45, 7) is 5.77. The summed E-state index contributed by atoms with van der Waals surface area (Å²) in [5, 5.41) is 13.3. The topological polar surface area (TPSA) is 52.6 Å². The number of likely N-dealkylation sites (tertiary alicyclic amines) is 1. The molecule has 120 valence electrons. The summed E-state index contributed by atoms with van der Waals surface area (Å²) in [5.41, 5.74) is -0.659. The van der Waals surface area contributed by atoms with Crippen LogP contribution in [0, 0.1) is 5.92 Å². The summed E-state index contributed by atoms with van der Waals surface area (Å²) in [7, 11) is 0. The van der Waals surface area contributed by atoms with Gasteiger partial charge in [0.15, 0.2) is 0 Å². The van der Waals surface area contributed by atoms with Crippen LogP contribution in [0.4, 0.5) is 0 Å². The number of nitrogens with zero attached hydrogens (tertiary/aromatic N) is 1. The predicted octanol–water partition coefficient (Wildman–Crippen LogP) is 2.62. The highest BCUT2D eigenvalue weighted by atomic mass is 16.4. The molecule has 0 aromatic rings. The van der Waals surface area contributed by atoms with Crippen LogP contribution in [0.5, 0.6) is 0 Å². The smallest absolute Gasteiger partial charge is 0.323 e. The van der Waals surface area contributed by atoms with Crippen LogP contribution in [-0.4, -0.2) is 46.2 Å². The molecule has 0 amide bonds. The van der Waals surface area contributed by atoms with Gasteiger partial charge >= 0.3 is 5.97 Å². The van der Waals surface area contributed by atoms with Crippen LogP contribution in [0.15, 0.2) is 0 Å². The van der Waals surface area contributed by atoms with E-state index in [1.807, 2.05) is 0 Å². The standard InChI is InChI=1S/C17H30N2O2/c1-12(2)15-6-4-10-19(15)14-5-3-9-17(11-14,16(20)21)18-13-7-8-13/h12-15,18H,3-11H2,1-2H3,(H,20,21). The molecule has 21 heavy (non-hydrogen) atoms. The minimum absolute atomic E-state index is 0.455. The summed E-state index contributed by atoms with van der Waals surface area (Å²) in [6.07, 6.45) is 8.66. The molecule has 1 aliphatic heterocycles. The molecular weight excluding hydrogens is 264 g/mol. The van der Waals surface area contributed by atoms with Gasteiger partial charge in [-0.3, -0.25) is 15.0 Å². The number of aliphatic carboxylic acids is 1. The van der Waals surface area contributed by atoms with Gasteiger partial charge in [0.2, 0.25) is 0 Å². The van der Waals surface area contributed by atoms with Gasteiger partial charge in [0.1, 0.15) is 5.54 Å². The highest BCUT2D eigenvalue weighted by Crippen LogP contribution is 2.38. The Morgan fingerprint density at radius 1 is 1.24 bits per heavy atom. The van der Waals surface area contributed by atoms with E-state index in [9.17, 15) is 9.90 Å². The fourth-order valence-corrected chi connectivity index (χ4v) is 4.52. The second kappa shape index (κ2) is 5.88. The zero-order valence-electron chi connectivity index (χ0n) is 13.5. The second-order valence-electron chi connectivity index (χ2n) is 7.75. The van der Waals surface area contributed by atoms with Crippen LogP contribution in [-0.2, 0) is 4.79 Å². The van der Waals surface area contributed by atoms with Gasteiger partial charge in [-0.1, -0.05) is 13.8 Å². The Morgan fingerprint density at radius 2 is 2.00 bits per heavy atom. The molecule has 3 aliphatic rings. The molecule has 3 unspecified atom stereocenters. The third-order valence-electron chi connectivity index (χ3n) is 5.77. The number of hydrogen-bond donors (Lipinski definition) is 2. The SMILES string of the molecule is CC(C)C1CCCN1C1CCCC(NC2CC2)(C(=O)O)C1. The maximum atomic E-state index is 11.9. The molecule has 1 saturated heterocycles. The Balaban J connectivity index is 1.73. The Kier molecular flexibility index (Phi) is 4.28. The van der Waals surface area contributed by atoms with Crippen LogP contribution in [0.1, 0.15) is 65.2 Å². The Bertz CT molecular complexity index is 394. The van der Waals surface area contributed by atoms with Gasteiger partial charge in [0, 0.05) is 18.1 Å². The van der Waals surface area contributed by atoms with Gasteiger partial charge in [-0.2, -0.15) is 0 Å². The van der Waals surface area contributed by atoms with Crippen molar-refractivity contribution in [2.45, 2.75) is 88.9 Å². The first-order valence-corrected chi connectivity index (χ1v) is 8.79. The Hall–Kier alpha value is -0.610. The number of carboxylic acids is 1. The van der Waals surface area contributed by atoms with E-state index in [0.29, 0.717) is 24.0 Å². The Morgan fingerprint density at radius 3 is 2.62 bits per heavy atom. The van der Waals surface area contributed by atoms with Crippen molar-refractivity contribution in [3.8, 4) is 0 Å². The van der Waals surface area contributed by atoms with Crippen LogP contribution in [0.3, 0.4) is 0 Å². The lowest BCUT2D eigenvalue weighted by molar-refractivity contribution is -0.147. The minimum Gasteiger partial charge on any atom is -0.480 e. The van der Waals surface area contributed by atoms with Crippen LogP contribution < -0.4 is 5.32 Å². The normalized spacial score (nSPS) is 38.0. The molecule has 4 heteroatoms. The number of nitrogens with one attached hydrogen (secondary N) is 1. The number of hydrogen-bond acceptors (Lipinski definition) is 3. The molecule has 0 bridgehead atoms. The molecule has 3 rings (SSSR count). The highest BCUT2D eigenvalue weighted by molar-refractivity contribution is 5.79. The van der Waals surface area contributed by atoms with E-state index in [-0.39, 0.29) is 0 Å². The van der Waals surface area contributed by atoms with Crippen LogP contribution in [0.25, 0.3) is 0 Å². The maximum absolute atomic E-state index is 11.9. The monoisotopic (exact) mass is 294 g/mol. The maximum Gasteiger partial charge on any atom is 0.323 e. The van der Waals surface area contributed by atoms with Crippen molar-refractivity contribution in [2.75, 3.05) is 6.54 Å². The van der Waals surface area contributed by atoms with Gasteiger partial charge in [-0.05, 0) is 63.8 Å². The second-order valence-corrected chi connectivity index (χ2v) is 7.75. The average Bonchev–Trinajstić information content (AvgIpc) is 3.10. The first-order valence-electron chi connectivity index (χ1n) is 8.79. The van der Waals surface area contributed by atoms with E-state index >= 15 is 0 Å². The largest absolute Gasteiger partial charge is 0.480 e. The molecule has 3 fully saturated rings.